The number of benzene rings is 1. The van der Waals surface area contributed by atoms with E-state index < -0.39 is 59.8 Å². The van der Waals surface area contributed by atoms with Crippen molar-refractivity contribution in [3.63, 3.8) is 0 Å². The molecule has 3 amide bonds. The molecular weight excluding hydrogens is 948 g/mol. The van der Waals surface area contributed by atoms with Crippen molar-refractivity contribution in [2.24, 2.45) is 17.3 Å². The topological polar surface area (TPSA) is 196 Å². The third-order valence-electron chi connectivity index (χ3n) is 16.2. The van der Waals surface area contributed by atoms with Gasteiger partial charge >= 0.3 is 12.1 Å². The number of pyridine rings is 1. The fourth-order valence-corrected chi connectivity index (χ4v) is 12.3. The van der Waals surface area contributed by atoms with Crippen molar-refractivity contribution in [3.8, 4) is 22.7 Å². The van der Waals surface area contributed by atoms with E-state index in [9.17, 15) is 27.6 Å². The van der Waals surface area contributed by atoms with E-state index in [1.165, 1.54) is 35.8 Å². The van der Waals surface area contributed by atoms with Gasteiger partial charge in [0.15, 0.2) is 0 Å². The number of morpholine rings is 1. The number of hydrogen-bond donors (Lipinski definition) is 3. The molecule has 1 aromatic carbocycles. The number of hydrazine groups is 1. The number of hydrogen-bond acceptors (Lipinski definition) is 13. The van der Waals surface area contributed by atoms with E-state index in [0.717, 1.165) is 25.7 Å². The summed E-state index contributed by atoms with van der Waals surface area (Å²) in [7, 11) is 1.52. The smallest absolute Gasteiger partial charge is 0.406 e. The third kappa shape index (κ3) is 10.1. The summed E-state index contributed by atoms with van der Waals surface area (Å²) in [5, 5.41) is 8.46. The van der Waals surface area contributed by atoms with E-state index in [2.05, 4.69) is 25.9 Å². The minimum atomic E-state index is -4.60. The Morgan fingerprint density at radius 1 is 1.03 bits per heavy atom. The molecule has 392 valence electrons. The lowest BCUT2D eigenvalue weighted by Gasteiger charge is -2.55. The number of rotatable bonds is 10. The van der Waals surface area contributed by atoms with Crippen LogP contribution in [0.4, 0.5) is 13.2 Å². The predicted molar refractivity (Wildman–Crippen MR) is 260 cm³/mol. The maximum Gasteiger partial charge on any atom is 0.406 e. The van der Waals surface area contributed by atoms with E-state index in [1.807, 2.05) is 18.7 Å². The zero-order valence-electron chi connectivity index (χ0n) is 42.0. The van der Waals surface area contributed by atoms with Crippen molar-refractivity contribution in [3.05, 3.63) is 59.7 Å². The van der Waals surface area contributed by atoms with Gasteiger partial charge in [-0.05, 0) is 99.6 Å². The number of carbonyl (C=O) groups is 4. The molecule has 5 aliphatic heterocycles. The Morgan fingerprint density at radius 2 is 1.82 bits per heavy atom. The summed E-state index contributed by atoms with van der Waals surface area (Å²) in [6.07, 6.45) is 4.88. The van der Waals surface area contributed by atoms with Crippen LogP contribution in [0.3, 0.4) is 0 Å². The van der Waals surface area contributed by atoms with Crippen molar-refractivity contribution < 1.29 is 51.0 Å². The van der Waals surface area contributed by atoms with Gasteiger partial charge in [0.1, 0.15) is 36.5 Å². The molecule has 3 aromatic heterocycles. The number of cyclic esters (lactones) is 1. The summed E-state index contributed by atoms with van der Waals surface area (Å²) in [5.74, 6) is -0.386. The second kappa shape index (κ2) is 19.4. The van der Waals surface area contributed by atoms with Crippen molar-refractivity contribution in [1.29, 1.82) is 0 Å². The molecule has 6 bridgehead atoms. The largest absolute Gasteiger partial charge is 0.464 e. The first-order valence-corrected chi connectivity index (χ1v) is 26.1. The number of nitrogens with one attached hydrogen (secondary N) is 3. The molecule has 4 aromatic rings. The normalized spacial score (nSPS) is 26.6. The lowest BCUT2D eigenvalue weighted by molar-refractivity contribution is -0.197. The van der Waals surface area contributed by atoms with E-state index >= 15 is 4.79 Å². The van der Waals surface area contributed by atoms with Gasteiger partial charge in [-0.2, -0.15) is 13.2 Å². The number of nitrogens with zero attached hydrogens (tertiary/aromatic N) is 6. The zero-order valence-corrected chi connectivity index (χ0v) is 42.0. The number of carbonyl (C=O) groups excluding carboxylic acids is 4. The van der Waals surface area contributed by atoms with E-state index in [1.54, 1.807) is 43.5 Å². The van der Waals surface area contributed by atoms with E-state index in [-0.39, 0.29) is 61.7 Å². The molecule has 3 N–H and O–H groups in total. The van der Waals surface area contributed by atoms with E-state index in [4.69, 9.17) is 23.6 Å². The summed E-state index contributed by atoms with van der Waals surface area (Å²) in [4.78, 5) is 70.8. The average Bonchev–Trinajstić information content (AvgIpc) is 4.24. The summed E-state index contributed by atoms with van der Waals surface area (Å²) < 4.78 is 69.7. The van der Waals surface area contributed by atoms with Crippen LogP contribution < -0.4 is 16.1 Å². The van der Waals surface area contributed by atoms with Gasteiger partial charge in [0, 0.05) is 72.8 Å². The van der Waals surface area contributed by atoms with Crippen LogP contribution in [-0.4, -0.2) is 148 Å². The van der Waals surface area contributed by atoms with Crippen LogP contribution in [0.25, 0.3) is 33.6 Å². The Balaban J connectivity index is 0.926. The summed E-state index contributed by atoms with van der Waals surface area (Å²) in [6, 6.07) is 6.08. The van der Waals surface area contributed by atoms with Gasteiger partial charge in [-0.15, -0.1) is 0 Å². The maximum absolute atomic E-state index is 15.1. The summed E-state index contributed by atoms with van der Waals surface area (Å²) >= 11 is 0. The molecule has 20 heteroatoms. The minimum Gasteiger partial charge on any atom is -0.464 e. The van der Waals surface area contributed by atoms with Crippen molar-refractivity contribution >= 4 is 34.6 Å². The Labute approximate surface area is 422 Å². The Kier molecular flexibility index (Phi) is 13.2. The molecule has 7 aliphatic rings. The van der Waals surface area contributed by atoms with Crippen LogP contribution >= 0.6 is 0 Å². The first-order chi connectivity index (χ1) is 35.0. The van der Waals surface area contributed by atoms with Crippen LogP contribution in [0.15, 0.2) is 47.2 Å². The molecule has 1 spiro atoms. The zero-order chi connectivity index (χ0) is 51.0. The molecule has 8 heterocycles. The molecule has 73 heavy (non-hydrogen) atoms. The molecule has 2 aliphatic carbocycles. The summed E-state index contributed by atoms with van der Waals surface area (Å²) in [6.45, 7) is 6.79. The molecule has 11 rings (SSSR count). The van der Waals surface area contributed by atoms with Crippen LogP contribution in [0.1, 0.15) is 95.2 Å². The molecule has 17 nitrogen and oxygen atoms in total. The Morgan fingerprint density at radius 3 is 2.58 bits per heavy atom. The number of esters is 1. The minimum absolute atomic E-state index is 0.0341. The van der Waals surface area contributed by atoms with Gasteiger partial charge in [0.2, 0.25) is 17.7 Å². The molecule has 4 saturated heterocycles. The van der Waals surface area contributed by atoms with Crippen molar-refractivity contribution in [2.75, 3.05) is 53.0 Å². The number of methoxy groups -OCH3 is 1. The van der Waals surface area contributed by atoms with E-state index in [0.29, 0.717) is 96.2 Å². The lowest BCUT2D eigenvalue weighted by atomic mass is 9.84. The van der Waals surface area contributed by atoms with Crippen LogP contribution in [-0.2, 0) is 52.8 Å². The highest BCUT2D eigenvalue weighted by Gasteiger charge is 2.57. The fourth-order valence-electron chi connectivity index (χ4n) is 12.3. The van der Waals surface area contributed by atoms with Gasteiger partial charge in [0.25, 0.3) is 5.91 Å². The highest BCUT2D eigenvalue weighted by molar-refractivity contribution is 5.95. The number of amides is 3. The number of likely N-dealkylation sites (tertiary alicyclic amines) is 1. The number of alkyl halides is 3. The molecule has 6 atom stereocenters. The van der Waals surface area contributed by atoms with Crippen LogP contribution in [0, 0.1) is 17.3 Å². The molecule has 2 saturated carbocycles. The standard InChI is InChI=1S/C53H66F3N9O8/c1-30(70-4)41-35(11-7-17-57-41)45-37-23-51(2,3)29-72-50(69)38-12-8-18-65(61-38)48(67)39(22-34-24-71-47(58-34)33-15-16-40(36(37)21-33)64(45)28-53(54,55)56)59-46(66)44(32-9-5-6-10-32)62-19-20-73-52(25-62)26-63(27-52)49(68)43-42(60-43)31-13-14-31/h7,11,15-17,21,24,30-32,38-39,42-44,60-61H,5-6,8-10,12-14,18-20,22-23,25-29H2,1-4H3,(H,59,66)/t30-,38-,39-,42?,43+,44?/m0/s1. The van der Waals surface area contributed by atoms with Gasteiger partial charge in [-0.1, -0.05) is 26.7 Å². The van der Waals surface area contributed by atoms with Crippen LogP contribution in [0.5, 0.6) is 0 Å². The quantitative estimate of drug-likeness (QED) is 0.133. The van der Waals surface area contributed by atoms with Gasteiger partial charge in [0.05, 0.1) is 55.5 Å². The Hall–Kier alpha value is -5.41. The number of oxazole rings is 1. The highest BCUT2D eigenvalue weighted by Crippen LogP contribution is 2.44. The molecule has 6 fully saturated rings. The van der Waals surface area contributed by atoms with Gasteiger partial charge in [-0.3, -0.25) is 39.4 Å². The monoisotopic (exact) mass is 1010 g/mol. The fraction of sp³-hybridized carbons (Fsp3) is 0.623. The van der Waals surface area contributed by atoms with Crippen molar-refractivity contribution in [1.82, 2.24) is 45.4 Å². The van der Waals surface area contributed by atoms with Gasteiger partial charge in [-0.25, -0.2) is 10.4 Å². The molecule has 2 unspecified atom stereocenters. The second-order valence-corrected chi connectivity index (χ2v) is 22.4. The predicted octanol–water partition coefficient (Wildman–Crippen LogP) is 5.50. The second-order valence-electron chi connectivity index (χ2n) is 22.4. The number of ether oxygens (including phenoxy) is 3. The maximum atomic E-state index is 15.1. The number of halogens is 3. The van der Waals surface area contributed by atoms with Gasteiger partial charge < -0.3 is 33.4 Å². The SMILES string of the molecule is CO[C@@H](C)c1ncccc1-c1c2c3cc(ccc3n1CC(F)(F)F)-c1nc(co1)C[C@H](NC(=O)C(C1CCCC1)N1CCOC3(CN(C(=O)[C@@H]4NC4C4CC4)C3)C1)C(=O)N1CCC[C@H](N1)C(=O)OCC(C)(C)C2. The Bertz CT molecular complexity index is 2760. The van der Waals surface area contributed by atoms with Crippen molar-refractivity contribution in [2.45, 2.75) is 140 Å². The first kappa shape index (κ1) is 49.8. The highest BCUT2D eigenvalue weighted by atomic mass is 19.4. The first-order valence-electron chi connectivity index (χ1n) is 26.1. The third-order valence-corrected chi connectivity index (χ3v) is 16.2. The van der Waals surface area contributed by atoms with Crippen LogP contribution in [0.2, 0.25) is 0 Å². The summed E-state index contributed by atoms with van der Waals surface area (Å²) in [5.41, 5.74) is 4.74. The number of fused-ring (bicyclic) bond motifs is 6. The lowest BCUT2D eigenvalue weighted by Crippen LogP contribution is -2.73. The molecular formula is C53H66F3N9O8. The number of aromatic nitrogens is 3. The average molecular weight is 1010 g/mol. The molecule has 0 radical (unpaired) electrons.